The maximum Gasteiger partial charge on any atom is 0.142 e. The van der Waals surface area contributed by atoms with E-state index in [4.69, 9.17) is 11.6 Å². The molecule has 0 aliphatic carbocycles. The molecule has 0 spiro atoms. The predicted octanol–water partition coefficient (Wildman–Crippen LogP) is 1.84. The maximum absolute atomic E-state index is 13.3. The molecule has 0 unspecified atom stereocenters. The van der Waals surface area contributed by atoms with Gasteiger partial charge in [-0.1, -0.05) is 17.7 Å². The van der Waals surface area contributed by atoms with Gasteiger partial charge in [0.25, 0.3) is 0 Å². The lowest BCUT2D eigenvalue weighted by Crippen LogP contribution is -2.14. The third kappa shape index (κ3) is 2.81. The summed E-state index contributed by atoms with van der Waals surface area (Å²) in [6, 6.07) is 4.73. The zero-order valence-corrected chi connectivity index (χ0v) is 10.1. The third-order valence-electron chi connectivity index (χ3n) is 2.35. The van der Waals surface area contributed by atoms with Crippen LogP contribution in [0.5, 0.6) is 0 Å². The molecule has 1 heterocycles. The van der Waals surface area contributed by atoms with Crippen molar-refractivity contribution in [3.05, 3.63) is 46.8 Å². The smallest absolute Gasteiger partial charge is 0.142 e. The van der Waals surface area contributed by atoms with Gasteiger partial charge in [0, 0.05) is 0 Å². The minimum absolute atomic E-state index is 0.128. The highest BCUT2D eigenvalue weighted by Crippen LogP contribution is 2.16. The summed E-state index contributed by atoms with van der Waals surface area (Å²) >= 11 is 5.62. The SMILES string of the molecule is CNCc1ncnn1Cc1ccc(Cl)c(F)c1. The number of nitrogens with zero attached hydrogens (tertiary/aromatic N) is 3. The van der Waals surface area contributed by atoms with Crippen LogP contribution >= 0.6 is 11.6 Å². The maximum atomic E-state index is 13.3. The molecule has 0 amide bonds. The van der Waals surface area contributed by atoms with Crippen molar-refractivity contribution in [2.45, 2.75) is 13.1 Å². The highest BCUT2D eigenvalue weighted by atomic mass is 35.5. The quantitative estimate of drug-likeness (QED) is 0.905. The van der Waals surface area contributed by atoms with E-state index in [2.05, 4.69) is 15.4 Å². The summed E-state index contributed by atoms with van der Waals surface area (Å²) in [5.74, 6) is 0.391. The Hall–Kier alpha value is -1.46. The second-order valence-corrected chi connectivity index (χ2v) is 4.02. The summed E-state index contributed by atoms with van der Waals surface area (Å²) in [7, 11) is 1.83. The molecule has 0 saturated heterocycles. The van der Waals surface area contributed by atoms with Gasteiger partial charge in [0.2, 0.25) is 0 Å². The lowest BCUT2D eigenvalue weighted by molar-refractivity contribution is 0.600. The molecule has 2 rings (SSSR count). The predicted molar refractivity (Wildman–Crippen MR) is 63.3 cm³/mol. The normalized spacial score (nSPS) is 10.8. The van der Waals surface area contributed by atoms with Crippen molar-refractivity contribution in [2.75, 3.05) is 7.05 Å². The second kappa shape index (κ2) is 5.25. The summed E-state index contributed by atoms with van der Waals surface area (Å²) < 4.78 is 15.0. The molecule has 0 fully saturated rings. The first-order valence-corrected chi connectivity index (χ1v) is 5.53. The van der Waals surface area contributed by atoms with Crippen molar-refractivity contribution in [1.29, 1.82) is 0 Å². The van der Waals surface area contributed by atoms with Gasteiger partial charge in [-0.05, 0) is 24.7 Å². The Labute approximate surface area is 103 Å². The zero-order chi connectivity index (χ0) is 12.3. The summed E-state index contributed by atoms with van der Waals surface area (Å²) in [6.07, 6.45) is 1.49. The molecule has 17 heavy (non-hydrogen) atoms. The van der Waals surface area contributed by atoms with Crippen LogP contribution in [0.2, 0.25) is 5.02 Å². The fourth-order valence-corrected chi connectivity index (χ4v) is 1.64. The van der Waals surface area contributed by atoms with Gasteiger partial charge in [-0.2, -0.15) is 5.10 Å². The van der Waals surface area contributed by atoms with E-state index in [0.29, 0.717) is 13.1 Å². The first-order valence-electron chi connectivity index (χ1n) is 5.16. The Balaban J connectivity index is 2.19. The van der Waals surface area contributed by atoms with E-state index in [-0.39, 0.29) is 5.02 Å². The standard InChI is InChI=1S/C11H12ClFN4/c1-14-5-11-15-7-16-17(11)6-8-2-3-9(12)10(13)4-8/h2-4,7,14H,5-6H2,1H3. The largest absolute Gasteiger partial charge is 0.313 e. The van der Waals surface area contributed by atoms with Crippen molar-refractivity contribution in [2.24, 2.45) is 0 Å². The van der Waals surface area contributed by atoms with Gasteiger partial charge in [0.15, 0.2) is 0 Å². The van der Waals surface area contributed by atoms with Gasteiger partial charge in [0.05, 0.1) is 18.1 Å². The highest BCUT2D eigenvalue weighted by molar-refractivity contribution is 6.30. The average Bonchev–Trinajstić information content (AvgIpc) is 2.72. The molecule has 0 aliphatic rings. The molecule has 0 bridgehead atoms. The number of hydrogen-bond acceptors (Lipinski definition) is 3. The molecule has 1 aromatic heterocycles. The van der Waals surface area contributed by atoms with E-state index in [1.54, 1.807) is 16.8 Å². The summed E-state index contributed by atoms with van der Waals surface area (Å²) in [5.41, 5.74) is 0.801. The Morgan fingerprint density at radius 2 is 2.29 bits per heavy atom. The monoisotopic (exact) mass is 254 g/mol. The van der Waals surface area contributed by atoms with Gasteiger partial charge in [-0.25, -0.2) is 14.1 Å². The number of rotatable bonds is 4. The summed E-state index contributed by atoms with van der Waals surface area (Å²) in [4.78, 5) is 4.11. The van der Waals surface area contributed by atoms with Crippen molar-refractivity contribution in [3.63, 3.8) is 0 Å². The fourth-order valence-electron chi connectivity index (χ4n) is 1.53. The van der Waals surface area contributed by atoms with E-state index < -0.39 is 5.82 Å². The molecule has 0 saturated carbocycles. The number of hydrogen-bond donors (Lipinski definition) is 1. The molecule has 2 aromatic rings. The number of aromatic nitrogens is 3. The Morgan fingerprint density at radius 3 is 3.00 bits per heavy atom. The van der Waals surface area contributed by atoms with Crippen LogP contribution in [0.3, 0.4) is 0 Å². The Kier molecular flexibility index (Phi) is 3.71. The number of halogens is 2. The molecule has 0 radical (unpaired) electrons. The molecular weight excluding hydrogens is 243 g/mol. The molecule has 1 aromatic carbocycles. The van der Waals surface area contributed by atoms with Gasteiger partial charge in [-0.3, -0.25) is 0 Å². The third-order valence-corrected chi connectivity index (χ3v) is 2.65. The van der Waals surface area contributed by atoms with Crippen molar-refractivity contribution in [3.8, 4) is 0 Å². The van der Waals surface area contributed by atoms with E-state index in [1.165, 1.54) is 12.4 Å². The van der Waals surface area contributed by atoms with Crippen LogP contribution < -0.4 is 5.32 Å². The van der Waals surface area contributed by atoms with E-state index in [9.17, 15) is 4.39 Å². The minimum atomic E-state index is -0.417. The summed E-state index contributed by atoms with van der Waals surface area (Å²) in [6.45, 7) is 1.10. The van der Waals surface area contributed by atoms with Crippen LogP contribution in [-0.2, 0) is 13.1 Å². The van der Waals surface area contributed by atoms with Crippen molar-refractivity contribution < 1.29 is 4.39 Å². The molecule has 90 valence electrons. The number of nitrogens with one attached hydrogen (secondary N) is 1. The van der Waals surface area contributed by atoms with Gasteiger partial charge < -0.3 is 5.32 Å². The van der Waals surface area contributed by atoms with Crippen LogP contribution in [0.25, 0.3) is 0 Å². The van der Waals surface area contributed by atoms with Crippen LogP contribution in [0.15, 0.2) is 24.5 Å². The molecule has 0 aliphatic heterocycles. The van der Waals surface area contributed by atoms with Crippen LogP contribution in [0, 0.1) is 5.82 Å². The fraction of sp³-hybridized carbons (Fsp3) is 0.273. The summed E-state index contributed by atoms with van der Waals surface area (Å²) in [5, 5.41) is 7.22. The molecule has 6 heteroatoms. The van der Waals surface area contributed by atoms with E-state index in [0.717, 1.165) is 11.4 Å². The lowest BCUT2D eigenvalue weighted by atomic mass is 10.2. The minimum Gasteiger partial charge on any atom is -0.313 e. The van der Waals surface area contributed by atoms with Crippen molar-refractivity contribution >= 4 is 11.6 Å². The molecular formula is C11H12ClFN4. The molecule has 0 atom stereocenters. The Morgan fingerprint density at radius 1 is 1.47 bits per heavy atom. The first-order chi connectivity index (χ1) is 8.20. The van der Waals surface area contributed by atoms with Crippen molar-refractivity contribution in [1.82, 2.24) is 20.1 Å². The molecule has 4 nitrogen and oxygen atoms in total. The van der Waals surface area contributed by atoms with Gasteiger partial charge >= 0.3 is 0 Å². The zero-order valence-electron chi connectivity index (χ0n) is 9.32. The van der Waals surface area contributed by atoms with Gasteiger partial charge in [0.1, 0.15) is 18.0 Å². The van der Waals surface area contributed by atoms with E-state index >= 15 is 0 Å². The first kappa shape index (κ1) is 12.0. The van der Waals surface area contributed by atoms with Crippen LogP contribution in [0.4, 0.5) is 4.39 Å². The van der Waals surface area contributed by atoms with Gasteiger partial charge in [-0.15, -0.1) is 0 Å². The topological polar surface area (TPSA) is 42.7 Å². The lowest BCUT2D eigenvalue weighted by Gasteiger charge is -2.06. The highest BCUT2D eigenvalue weighted by Gasteiger charge is 2.06. The number of benzene rings is 1. The van der Waals surface area contributed by atoms with Crippen LogP contribution in [0.1, 0.15) is 11.4 Å². The second-order valence-electron chi connectivity index (χ2n) is 3.61. The van der Waals surface area contributed by atoms with Crippen LogP contribution in [-0.4, -0.2) is 21.8 Å². The average molecular weight is 255 g/mol. The molecule has 1 N–H and O–H groups in total. The van der Waals surface area contributed by atoms with E-state index in [1.807, 2.05) is 7.05 Å². The Bertz CT molecular complexity index is 512.